The van der Waals surface area contributed by atoms with E-state index in [-0.39, 0.29) is 0 Å². The van der Waals surface area contributed by atoms with Crippen molar-refractivity contribution in [3.63, 3.8) is 0 Å². The molecule has 0 atom stereocenters. The maximum absolute atomic E-state index is 11.3. The van der Waals surface area contributed by atoms with E-state index in [1.54, 1.807) is 23.5 Å². The summed E-state index contributed by atoms with van der Waals surface area (Å²) in [6.45, 7) is 2.67. The quantitative estimate of drug-likeness (QED) is 0.833. The van der Waals surface area contributed by atoms with Gasteiger partial charge in [0.1, 0.15) is 0 Å². The number of aromatic nitrogens is 1. The number of primary amides is 1. The van der Waals surface area contributed by atoms with Crippen molar-refractivity contribution in [2.45, 2.75) is 13.5 Å². The second-order valence-corrected chi connectivity index (χ2v) is 5.26. The summed E-state index contributed by atoms with van der Waals surface area (Å²) in [5.41, 5.74) is 15.7. The normalized spacial score (nSPS) is 10.4. The van der Waals surface area contributed by atoms with Gasteiger partial charge in [-0.1, -0.05) is 6.07 Å². The number of benzene rings is 1. The van der Waals surface area contributed by atoms with Crippen molar-refractivity contribution in [1.82, 2.24) is 4.98 Å². The summed E-state index contributed by atoms with van der Waals surface area (Å²) in [5, 5.41) is 0. The lowest BCUT2D eigenvalue weighted by Crippen LogP contribution is -2.20. The average Bonchev–Trinajstić information content (AvgIpc) is 2.74. The first-order chi connectivity index (χ1) is 9.00. The number of anilines is 2. The van der Waals surface area contributed by atoms with Gasteiger partial charge in [0.15, 0.2) is 0 Å². The smallest absolute Gasteiger partial charge is 0.250 e. The number of hydrogen-bond acceptors (Lipinski definition) is 5. The molecule has 1 amide bonds. The zero-order chi connectivity index (χ0) is 14.0. The van der Waals surface area contributed by atoms with Crippen LogP contribution >= 0.6 is 11.3 Å². The van der Waals surface area contributed by atoms with E-state index in [4.69, 9.17) is 11.5 Å². The van der Waals surface area contributed by atoms with Crippen LogP contribution in [0.15, 0.2) is 23.7 Å². The van der Waals surface area contributed by atoms with Crippen molar-refractivity contribution < 1.29 is 4.79 Å². The van der Waals surface area contributed by atoms with Crippen LogP contribution in [0.2, 0.25) is 0 Å². The number of nitrogen functional groups attached to an aromatic ring is 1. The molecule has 100 valence electrons. The molecule has 4 N–H and O–H groups in total. The number of nitrogens with two attached hydrogens (primary N) is 2. The van der Waals surface area contributed by atoms with E-state index in [9.17, 15) is 4.79 Å². The Morgan fingerprint density at radius 3 is 2.79 bits per heavy atom. The maximum Gasteiger partial charge on any atom is 0.250 e. The third-order valence-corrected chi connectivity index (χ3v) is 3.91. The highest BCUT2D eigenvalue weighted by atomic mass is 32.1. The van der Waals surface area contributed by atoms with E-state index in [0.29, 0.717) is 17.8 Å². The number of nitrogens with zero attached hydrogens (tertiary/aromatic N) is 2. The molecule has 0 saturated carbocycles. The van der Waals surface area contributed by atoms with Gasteiger partial charge in [0.25, 0.3) is 5.91 Å². The zero-order valence-electron chi connectivity index (χ0n) is 10.9. The molecule has 0 aliphatic heterocycles. The second kappa shape index (κ2) is 5.27. The number of para-hydroxylation sites is 1. The third-order valence-electron chi connectivity index (χ3n) is 2.99. The molecule has 1 aromatic heterocycles. The molecule has 0 bridgehead atoms. The largest absolute Gasteiger partial charge is 0.396 e. The van der Waals surface area contributed by atoms with Gasteiger partial charge in [0.2, 0.25) is 0 Å². The molecule has 19 heavy (non-hydrogen) atoms. The van der Waals surface area contributed by atoms with E-state index in [1.165, 1.54) is 4.88 Å². The standard InChI is InChI=1S/C13H16N4OS/c1-8-11(19-7-16-8)6-17(2)10-5-3-4-9(12(10)14)13(15)18/h3-5,7H,6,14H2,1-2H3,(H2,15,18). The third kappa shape index (κ3) is 2.68. The molecule has 0 unspecified atom stereocenters. The molecular formula is C13H16N4OS. The molecule has 2 aromatic rings. The van der Waals surface area contributed by atoms with Crippen LogP contribution in [0.3, 0.4) is 0 Å². The SMILES string of the molecule is Cc1ncsc1CN(C)c1cccc(C(N)=O)c1N. The number of amides is 1. The predicted octanol–water partition coefficient (Wildman–Crippen LogP) is 1.77. The lowest BCUT2D eigenvalue weighted by atomic mass is 10.1. The minimum Gasteiger partial charge on any atom is -0.396 e. The molecule has 0 saturated heterocycles. The number of carbonyl (C=O) groups is 1. The van der Waals surface area contributed by atoms with Gasteiger partial charge in [-0.25, -0.2) is 4.98 Å². The highest BCUT2D eigenvalue weighted by molar-refractivity contribution is 7.09. The topological polar surface area (TPSA) is 85.2 Å². The van der Waals surface area contributed by atoms with E-state index in [2.05, 4.69) is 4.98 Å². The number of carbonyl (C=O) groups excluding carboxylic acids is 1. The van der Waals surface area contributed by atoms with Crippen LogP contribution in [0.5, 0.6) is 0 Å². The van der Waals surface area contributed by atoms with Crippen molar-refractivity contribution >= 4 is 28.6 Å². The van der Waals surface area contributed by atoms with Gasteiger partial charge in [-0.15, -0.1) is 11.3 Å². The Morgan fingerprint density at radius 1 is 1.47 bits per heavy atom. The van der Waals surface area contributed by atoms with Gasteiger partial charge in [0, 0.05) is 11.9 Å². The van der Waals surface area contributed by atoms with Crippen LogP contribution in [-0.4, -0.2) is 17.9 Å². The number of aryl methyl sites for hydroxylation is 1. The highest BCUT2D eigenvalue weighted by Gasteiger charge is 2.13. The maximum atomic E-state index is 11.3. The Hall–Kier alpha value is -2.08. The Morgan fingerprint density at radius 2 is 2.21 bits per heavy atom. The summed E-state index contributed by atoms with van der Waals surface area (Å²) in [5.74, 6) is -0.512. The van der Waals surface area contributed by atoms with E-state index >= 15 is 0 Å². The van der Waals surface area contributed by atoms with Gasteiger partial charge in [-0.3, -0.25) is 4.79 Å². The Kier molecular flexibility index (Phi) is 3.71. The molecule has 0 fully saturated rings. The van der Waals surface area contributed by atoms with Crippen molar-refractivity contribution in [2.24, 2.45) is 5.73 Å². The first-order valence-corrected chi connectivity index (χ1v) is 6.67. The lowest BCUT2D eigenvalue weighted by Gasteiger charge is -2.21. The molecule has 2 rings (SSSR count). The average molecular weight is 276 g/mol. The van der Waals surface area contributed by atoms with E-state index in [1.807, 2.05) is 30.4 Å². The highest BCUT2D eigenvalue weighted by Crippen LogP contribution is 2.27. The van der Waals surface area contributed by atoms with Gasteiger partial charge in [0.05, 0.1) is 34.7 Å². The van der Waals surface area contributed by atoms with Crippen LogP contribution < -0.4 is 16.4 Å². The van der Waals surface area contributed by atoms with Crippen molar-refractivity contribution in [3.8, 4) is 0 Å². The van der Waals surface area contributed by atoms with Crippen molar-refractivity contribution in [2.75, 3.05) is 17.7 Å². The first-order valence-electron chi connectivity index (χ1n) is 5.79. The molecular weight excluding hydrogens is 260 g/mol. The molecule has 0 spiro atoms. The van der Waals surface area contributed by atoms with Crippen LogP contribution in [0, 0.1) is 6.92 Å². The molecule has 0 aliphatic carbocycles. The van der Waals surface area contributed by atoms with Crippen molar-refractivity contribution in [1.29, 1.82) is 0 Å². The summed E-state index contributed by atoms with van der Waals surface area (Å²) in [4.78, 5) is 18.7. The number of thiazole rings is 1. The molecule has 0 aliphatic rings. The van der Waals surface area contributed by atoms with Crippen molar-refractivity contribution in [3.05, 3.63) is 39.8 Å². The van der Waals surface area contributed by atoms with Gasteiger partial charge in [-0.2, -0.15) is 0 Å². The van der Waals surface area contributed by atoms with E-state index in [0.717, 1.165) is 11.4 Å². The van der Waals surface area contributed by atoms with Gasteiger partial charge in [-0.05, 0) is 19.1 Å². The molecule has 5 nitrogen and oxygen atoms in total. The summed E-state index contributed by atoms with van der Waals surface area (Å²) in [6.07, 6.45) is 0. The molecule has 1 heterocycles. The minimum absolute atomic E-state index is 0.352. The second-order valence-electron chi connectivity index (χ2n) is 4.32. The van der Waals surface area contributed by atoms with Gasteiger partial charge < -0.3 is 16.4 Å². The number of hydrogen-bond donors (Lipinski definition) is 2. The number of rotatable bonds is 4. The van der Waals surface area contributed by atoms with Crippen LogP contribution in [0.25, 0.3) is 0 Å². The Bertz CT molecular complexity index is 608. The predicted molar refractivity (Wildman–Crippen MR) is 78.3 cm³/mol. The molecule has 0 radical (unpaired) electrons. The first kappa shape index (κ1) is 13.4. The Balaban J connectivity index is 2.29. The fourth-order valence-electron chi connectivity index (χ4n) is 1.88. The van der Waals surface area contributed by atoms with Crippen LogP contribution in [-0.2, 0) is 6.54 Å². The fraction of sp³-hybridized carbons (Fsp3) is 0.231. The summed E-state index contributed by atoms with van der Waals surface area (Å²) < 4.78 is 0. The molecule has 1 aromatic carbocycles. The van der Waals surface area contributed by atoms with Crippen LogP contribution in [0.1, 0.15) is 20.9 Å². The van der Waals surface area contributed by atoms with Gasteiger partial charge >= 0.3 is 0 Å². The molecule has 6 heteroatoms. The fourth-order valence-corrected chi connectivity index (χ4v) is 2.71. The van der Waals surface area contributed by atoms with E-state index < -0.39 is 5.91 Å². The minimum atomic E-state index is -0.512. The Labute approximate surface area is 115 Å². The lowest BCUT2D eigenvalue weighted by molar-refractivity contribution is 0.100. The summed E-state index contributed by atoms with van der Waals surface area (Å²) in [6, 6.07) is 5.28. The zero-order valence-corrected chi connectivity index (χ0v) is 11.7. The summed E-state index contributed by atoms with van der Waals surface area (Å²) in [7, 11) is 1.93. The van der Waals surface area contributed by atoms with Crippen LogP contribution in [0.4, 0.5) is 11.4 Å². The summed E-state index contributed by atoms with van der Waals surface area (Å²) >= 11 is 1.60. The monoisotopic (exact) mass is 276 g/mol.